The minimum atomic E-state index is -0.730. The summed E-state index contributed by atoms with van der Waals surface area (Å²) in [6.45, 7) is 2.18. The predicted molar refractivity (Wildman–Crippen MR) is 92.5 cm³/mol. The molecule has 24 heavy (non-hydrogen) atoms. The van der Waals surface area contributed by atoms with Gasteiger partial charge in [0, 0.05) is 5.02 Å². The molecule has 0 radical (unpaired) electrons. The fourth-order valence-corrected chi connectivity index (χ4v) is 2.64. The molecule has 0 fully saturated rings. The maximum atomic E-state index is 12.8. The van der Waals surface area contributed by atoms with Crippen molar-refractivity contribution in [3.8, 4) is 0 Å². The first-order chi connectivity index (χ1) is 11.6. The third-order valence-electron chi connectivity index (χ3n) is 3.56. The van der Waals surface area contributed by atoms with E-state index >= 15 is 0 Å². The van der Waals surface area contributed by atoms with Crippen molar-refractivity contribution in [3.63, 3.8) is 0 Å². The summed E-state index contributed by atoms with van der Waals surface area (Å²) in [6, 6.07) is 14.6. The van der Waals surface area contributed by atoms with Gasteiger partial charge in [0.1, 0.15) is 0 Å². The van der Waals surface area contributed by atoms with Gasteiger partial charge in [-0.15, -0.1) is 0 Å². The smallest absolute Gasteiger partial charge is 0.362 e. The fraction of sp³-hybridized carbons (Fsp3) is 0.167. The van der Waals surface area contributed by atoms with Crippen LogP contribution in [-0.2, 0) is 11.3 Å². The Balaban J connectivity index is 2.22. The van der Waals surface area contributed by atoms with E-state index in [4.69, 9.17) is 16.3 Å². The Labute approximate surface area is 143 Å². The Hall–Kier alpha value is -2.66. The van der Waals surface area contributed by atoms with E-state index in [-0.39, 0.29) is 12.3 Å². The summed E-state index contributed by atoms with van der Waals surface area (Å²) < 4.78 is 6.46. The van der Waals surface area contributed by atoms with E-state index in [2.05, 4.69) is 4.98 Å². The van der Waals surface area contributed by atoms with Gasteiger partial charge in [0.15, 0.2) is 0 Å². The summed E-state index contributed by atoms with van der Waals surface area (Å²) in [4.78, 5) is 29.0. The van der Waals surface area contributed by atoms with Crippen LogP contribution in [0, 0.1) is 0 Å². The average molecular weight is 343 g/mol. The van der Waals surface area contributed by atoms with Gasteiger partial charge >= 0.3 is 5.97 Å². The van der Waals surface area contributed by atoms with Gasteiger partial charge in [-0.05, 0) is 30.7 Å². The zero-order chi connectivity index (χ0) is 17.1. The lowest BCUT2D eigenvalue weighted by Gasteiger charge is -2.12. The Kier molecular flexibility index (Phi) is 4.62. The lowest BCUT2D eigenvalue weighted by molar-refractivity contribution is 0.0517. The van der Waals surface area contributed by atoms with E-state index in [1.807, 2.05) is 30.3 Å². The first kappa shape index (κ1) is 16.2. The summed E-state index contributed by atoms with van der Waals surface area (Å²) in [6.07, 6.45) is 0. The monoisotopic (exact) mass is 342 g/mol. The highest BCUT2D eigenvalue weighted by atomic mass is 35.5. The highest BCUT2D eigenvalue weighted by molar-refractivity contribution is 6.31. The van der Waals surface area contributed by atoms with Gasteiger partial charge in [-0.3, -0.25) is 4.79 Å². The van der Waals surface area contributed by atoms with Crippen molar-refractivity contribution in [3.05, 3.63) is 75.2 Å². The topological polar surface area (TPSA) is 61.2 Å². The molecule has 3 rings (SSSR count). The average Bonchev–Trinajstić information content (AvgIpc) is 2.58. The van der Waals surface area contributed by atoms with E-state index < -0.39 is 11.5 Å². The highest BCUT2D eigenvalue weighted by Gasteiger charge is 2.19. The number of esters is 1. The summed E-state index contributed by atoms with van der Waals surface area (Å²) in [5, 5.41) is 0.481. The van der Waals surface area contributed by atoms with E-state index in [1.54, 1.807) is 25.1 Å². The number of halogens is 1. The van der Waals surface area contributed by atoms with Crippen LogP contribution in [0.4, 0.5) is 0 Å². The molecule has 1 heterocycles. The van der Waals surface area contributed by atoms with Crippen molar-refractivity contribution in [1.29, 1.82) is 0 Å². The van der Waals surface area contributed by atoms with Crippen LogP contribution in [0.1, 0.15) is 23.0 Å². The number of carbonyl (C=O) groups is 1. The van der Waals surface area contributed by atoms with Crippen molar-refractivity contribution in [2.75, 3.05) is 6.61 Å². The lowest BCUT2D eigenvalue weighted by atomic mass is 10.2. The molecule has 0 aliphatic heterocycles. The maximum Gasteiger partial charge on any atom is 0.362 e. The van der Waals surface area contributed by atoms with Gasteiger partial charge in [0.2, 0.25) is 5.69 Å². The fourth-order valence-electron chi connectivity index (χ4n) is 2.48. The molecule has 1 aromatic heterocycles. The van der Waals surface area contributed by atoms with Crippen molar-refractivity contribution < 1.29 is 9.53 Å². The van der Waals surface area contributed by atoms with E-state index in [0.29, 0.717) is 22.6 Å². The van der Waals surface area contributed by atoms with Crippen LogP contribution in [0.15, 0.2) is 53.3 Å². The van der Waals surface area contributed by atoms with Crippen LogP contribution in [0.5, 0.6) is 0 Å². The highest BCUT2D eigenvalue weighted by Crippen LogP contribution is 2.18. The van der Waals surface area contributed by atoms with Crippen LogP contribution in [0.3, 0.4) is 0 Å². The number of carbonyl (C=O) groups excluding carboxylic acids is 1. The minimum absolute atomic E-state index is 0.173. The van der Waals surface area contributed by atoms with Gasteiger partial charge in [0.25, 0.3) is 5.56 Å². The molecule has 0 aliphatic rings. The third kappa shape index (κ3) is 3.16. The molecule has 0 saturated heterocycles. The van der Waals surface area contributed by atoms with Crippen LogP contribution in [0.25, 0.3) is 11.0 Å². The molecule has 0 amide bonds. The zero-order valence-electron chi connectivity index (χ0n) is 13.0. The van der Waals surface area contributed by atoms with Crippen LogP contribution in [0.2, 0.25) is 5.02 Å². The Morgan fingerprint density at radius 3 is 2.67 bits per heavy atom. The van der Waals surface area contributed by atoms with E-state index in [1.165, 1.54) is 4.57 Å². The van der Waals surface area contributed by atoms with Gasteiger partial charge < -0.3 is 9.30 Å². The Morgan fingerprint density at radius 1 is 1.21 bits per heavy atom. The second-order valence-corrected chi connectivity index (χ2v) is 5.63. The second-order valence-electron chi connectivity index (χ2n) is 5.19. The number of rotatable bonds is 4. The maximum absolute atomic E-state index is 12.8. The molecule has 3 aromatic rings. The number of fused-ring (bicyclic) bond motifs is 1. The first-order valence-corrected chi connectivity index (χ1v) is 7.89. The summed E-state index contributed by atoms with van der Waals surface area (Å²) >= 11 is 6.02. The van der Waals surface area contributed by atoms with Crippen LogP contribution >= 0.6 is 11.6 Å². The zero-order valence-corrected chi connectivity index (χ0v) is 13.8. The van der Waals surface area contributed by atoms with Crippen molar-refractivity contribution in [1.82, 2.24) is 9.55 Å². The van der Waals surface area contributed by atoms with Crippen LogP contribution in [-0.4, -0.2) is 22.1 Å². The molecule has 0 saturated carbocycles. The Bertz CT molecular complexity index is 952. The quantitative estimate of drug-likeness (QED) is 0.683. The van der Waals surface area contributed by atoms with E-state index in [9.17, 15) is 9.59 Å². The molecule has 0 aliphatic carbocycles. The normalized spacial score (nSPS) is 10.8. The molecule has 122 valence electrons. The minimum Gasteiger partial charge on any atom is -0.461 e. The summed E-state index contributed by atoms with van der Waals surface area (Å²) in [5.41, 5.74) is 1.31. The number of benzene rings is 2. The lowest BCUT2D eigenvalue weighted by Crippen LogP contribution is -2.30. The van der Waals surface area contributed by atoms with Crippen LogP contribution < -0.4 is 5.56 Å². The van der Waals surface area contributed by atoms with E-state index in [0.717, 1.165) is 5.56 Å². The molecule has 0 atom stereocenters. The molecule has 0 spiro atoms. The largest absolute Gasteiger partial charge is 0.461 e. The van der Waals surface area contributed by atoms with Gasteiger partial charge in [0.05, 0.1) is 24.2 Å². The first-order valence-electron chi connectivity index (χ1n) is 7.51. The molecule has 0 N–H and O–H groups in total. The van der Waals surface area contributed by atoms with Crippen molar-refractivity contribution >= 4 is 28.6 Å². The van der Waals surface area contributed by atoms with Gasteiger partial charge in [-0.1, -0.05) is 41.9 Å². The molecular weight excluding hydrogens is 328 g/mol. The van der Waals surface area contributed by atoms with Crippen molar-refractivity contribution in [2.24, 2.45) is 0 Å². The predicted octanol–water partition coefficient (Wildman–Crippen LogP) is 3.27. The molecule has 0 bridgehead atoms. The number of ether oxygens (including phenoxy) is 1. The molecular formula is C18H15ClN2O3. The van der Waals surface area contributed by atoms with Gasteiger partial charge in [-0.25, -0.2) is 9.78 Å². The second kappa shape index (κ2) is 6.84. The SMILES string of the molecule is CCOC(=O)c1nc2cc(Cl)ccc2n(Cc2ccccc2)c1=O. The molecule has 0 unspecified atom stereocenters. The number of hydrogen-bond donors (Lipinski definition) is 0. The van der Waals surface area contributed by atoms with Crippen molar-refractivity contribution in [2.45, 2.75) is 13.5 Å². The number of nitrogens with zero attached hydrogens (tertiary/aromatic N) is 2. The summed E-state index contributed by atoms with van der Waals surface area (Å²) in [5.74, 6) is -0.730. The summed E-state index contributed by atoms with van der Waals surface area (Å²) in [7, 11) is 0. The standard InChI is InChI=1S/C18H15ClN2O3/c1-2-24-18(23)16-17(22)21(11-12-6-4-3-5-7-12)15-9-8-13(19)10-14(15)20-16/h3-10H,2,11H2,1H3. The van der Waals surface area contributed by atoms with Gasteiger partial charge in [-0.2, -0.15) is 0 Å². The molecule has 5 nitrogen and oxygen atoms in total. The Morgan fingerprint density at radius 2 is 1.96 bits per heavy atom. The number of aromatic nitrogens is 2. The third-order valence-corrected chi connectivity index (χ3v) is 3.80. The molecule has 6 heteroatoms. The molecule has 2 aromatic carbocycles. The number of hydrogen-bond acceptors (Lipinski definition) is 4.